The quantitative estimate of drug-likeness (QED) is 0.290. The van der Waals surface area contributed by atoms with Crippen LogP contribution in [-0.4, -0.2) is 31.3 Å². The summed E-state index contributed by atoms with van der Waals surface area (Å²) < 4.78 is 9.11. The van der Waals surface area contributed by atoms with E-state index < -0.39 is 0 Å². The topological polar surface area (TPSA) is 84.3 Å². The number of ether oxygens (including phenoxy) is 1. The Labute approximate surface area is 220 Å². The molecule has 0 aliphatic rings. The molecule has 3 aromatic carbocycles. The summed E-state index contributed by atoms with van der Waals surface area (Å²) in [6.45, 7) is 3.27. The standard InChI is InChI=1S/C30H25N7O/c1-21-15-26-24(16-31)9-6-10-27(26)37(21)30-33-29(28-17-32-20-36(28)34-30)35(18-22-7-4-3-5-8-22)19-23-11-13-25(38-2)14-12-23/h3-15,17,20H,18-19H2,1-2H3. The summed E-state index contributed by atoms with van der Waals surface area (Å²) in [7, 11) is 1.67. The molecule has 3 aromatic heterocycles. The Hall–Kier alpha value is -5.16. The summed E-state index contributed by atoms with van der Waals surface area (Å²) in [5.41, 5.74) is 5.55. The molecule has 0 radical (unpaired) electrons. The highest BCUT2D eigenvalue weighted by Crippen LogP contribution is 2.29. The van der Waals surface area contributed by atoms with Crippen LogP contribution in [0.2, 0.25) is 0 Å². The number of aryl methyl sites for hydroxylation is 1. The Balaban J connectivity index is 1.51. The number of rotatable bonds is 7. The molecular weight excluding hydrogens is 474 g/mol. The molecular formula is C30H25N7O. The fourth-order valence-electron chi connectivity index (χ4n) is 4.81. The van der Waals surface area contributed by atoms with Crippen molar-refractivity contribution >= 4 is 22.2 Å². The van der Waals surface area contributed by atoms with Crippen LogP contribution in [0.25, 0.3) is 22.4 Å². The van der Waals surface area contributed by atoms with Gasteiger partial charge in [0, 0.05) is 24.2 Å². The maximum absolute atomic E-state index is 9.63. The number of benzene rings is 3. The first kappa shape index (κ1) is 23.3. The van der Waals surface area contributed by atoms with Gasteiger partial charge in [-0.1, -0.05) is 48.5 Å². The molecule has 8 nitrogen and oxygen atoms in total. The normalized spacial score (nSPS) is 11.1. The molecule has 6 rings (SSSR count). The van der Waals surface area contributed by atoms with E-state index in [-0.39, 0.29) is 0 Å². The lowest BCUT2D eigenvalue weighted by atomic mass is 10.1. The van der Waals surface area contributed by atoms with E-state index in [0.717, 1.165) is 39.2 Å². The van der Waals surface area contributed by atoms with Crippen LogP contribution in [-0.2, 0) is 13.1 Å². The highest BCUT2D eigenvalue weighted by atomic mass is 16.5. The molecule has 6 aromatic rings. The number of anilines is 1. The summed E-state index contributed by atoms with van der Waals surface area (Å²) >= 11 is 0. The molecule has 0 N–H and O–H groups in total. The van der Waals surface area contributed by atoms with E-state index in [1.807, 2.05) is 66.1 Å². The first-order valence-corrected chi connectivity index (χ1v) is 12.3. The number of nitriles is 1. The minimum Gasteiger partial charge on any atom is -0.497 e. The van der Waals surface area contributed by atoms with Gasteiger partial charge in [0.25, 0.3) is 5.95 Å². The zero-order chi connectivity index (χ0) is 26.1. The van der Waals surface area contributed by atoms with E-state index in [1.165, 1.54) is 5.56 Å². The van der Waals surface area contributed by atoms with Crippen LogP contribution in [0.5, 0.6) is 5.75 Å². The Morgan fingerprint density at radius 3 is 2.42 bits per heavy atom. The van der Waals surface area contributed by atoms with Crippen LogP contribution in [0.3, 0.4) is 0 Å². The van der Waals surface area contributed by atoms with Gasteiger partial charge in [-0.05, 0) is 48.4 Å². The average Bonchev–Trinajstić information content (AvgIpc) is 3.56. The second-order valence-corrected chi connectivity index (χ2v) is 9.12. The summed E-state index contributed by atoms with van der Waals surface area (Å²) in [6, 6.07) is 28.4. The zero-order valence-electron chi connectivity index (χ0n) is 21.1. The number of imidazole rings is 1. The van der Waals surface area contributed by atoms with Gasteiger partial charge >= 0.3 is 0 Å². The molecule has 0 bridgehead atoms. The number of hydrogen-bond acceptors (Lipinski definition) is 6. The van der Waals surface area contributed by atoms with Crippen molar-refractivity contribution in [3.05, 3.63) is 114 Å². The smallest absolute Gasteiger partial charge is 0.254 e. The molecule has 186 valence electrons. The van der Waals surface area contributed by atoms with E-state index in [9.17, 15) is 5.26 Å². The molecule has 38 heavy (non-hydrogen) atoms. The van der Waals surface area contributed by atoms with Crippen LogP contribution < -0.4 is 9.64 Å². The van der Waals surface area contributed by atoms with E-state index in [1.54, 1.807) is 24.1 Å². The summed E-state index contributed by atoms with van der Waals surface area (Å²) in [6.07, 6.45) is 3.49. The lowest BCUT2D eigenvalue weighted by Crippen LogP contribution is -2.25. The SMILES string of the molecule is COc1ccc(CN(Cc2ccccc2)c2nc(-n3c(C)cc4c(C#N)cccc43)nn3cncc23)cc1. The van der Waals surface area contributed by atoms with Gasteiger partial charge in [-0.2, -0.15) is 10.2 Å². The summed E-state index contributed by atoms with van der Waals surface area (Å²) in [5, 5.41) is 15.3. The number of hydrogen-bond donors (Lipinski definition) is 0. The van der Waals surface area contributed by atoms with E-state index in [0.29, 0.717) is 24.6 Å². The van der Waals surface area contributed by atoms with Gasteiger partial charge in [0.1, 0.15) is 17.6 Å². The van der Waals surface area contributed by atoms with Crippen LogP contribution >= 0.6 is 0 Å². The zero-order valence-corrected chi connectivity index (χ0v) is 21.1. The largest absolute Gasteiger partial charge is 0.497 e. The molecule has 0 aliphatic carbocycles. The van der Waals surface area contributed by atoms with Crippen LogP contribution in [0.15, 0.2) is 91.4 Å². The van der Waals surface area contributed by atoms with Crippen molar-refractivity contribution in [1.29, 1.82) is 5.26 Å². The van der Waals surface area contributed by atoms with Gasteiger partial charge in [-0.15, -0.1) is 5.10 Å². The van der Waals surface area contributed by atoms with Crippen molar-refractivity contribution in [3.63, 3.8) is 0 Å². The predicted octanol–water partition coefficient (Wildman–Crippen LogP) is 5.46. The van der Waals surface area contributed by atoms with Gasteiger partial charge in [0.15, 0.2) is 5.82 Å². The van der Waals surface area contributed by atoms with Crippen molar-refractivity contribution in [1.82, 2.24) is 24.1 Å². The molecule has 0 amide bonds. The summed E-state index contributed by atoms with van der Waals surface area (Å²) in [4.78, 5) is 11.7. The van der Waals surface area contributed by atoms with Gasteiger partial charge in [0.05, 0.1) is 30.5 Å². The molecule has 8 heteroatoms. The van der Waals surface area contributed by atoms with Crippen molar-refractivity contribution in [2.24, 2.45) is 0 Å². The maximum atomic E-state index is 9.63. The van der Waals surface area contributed by atoms with Crippen LogP contribution in [0.4, 0.5) is 5.82 Å². The number of nitrogens with zero attached hydrogens (tertiary/aromatic N) is 7. The molecule has 0 aliphatic heterocycles. The third-order valence-electron chi connectivity index (χ3n) is 6.65. The predicted molar refractivity (Wildman–Crippen MR) is 146 cm³/mol. The van der Waals surface area contributed by atoms with Crippen molar-refractivity contribution in [2.75, 3.05) is 12.0 Å². The van der Waals surface area contributed by atoms with Gasteiger partial charge in [0.2, 0.25) is 0 Å². The molecule has 0 atom stereocenters. The first-order valence-electron chi connectivity index (χ1n) is 12.3. The maximum Gasteiger partial charge on any atom is 0.254 e. The Bertz CT molecular complexity index is 1780. The van der Waals surface area contributed by atoms with Gasteiger partial charge in [-0.25, -0.2) is 9.50 Å². The van der Waals surface area contributed by atoms with Gasteiger partial charge < -0.3 is 9.64 Å². The average molecular weight is 500 g/mol. The Kier molecular flexibility index (Phi) is 5.94. The van der Waals surface area contributed by atoms with E-state index in [2.05, 4.69) is 40.2 Å². The minimum absolute atomic E-state index is 0.515. The lowest BCUT2D eigenvalue weighted by molar-refractivity contribution is 0.414. The monoisotopic (exact) mass is 499 g/mol. The van der Waals surface area contributed by atoms with Crippen LogP contribution in [0, 0.1) is 18.3 Å². The van der Waals surface area contributed by atoms with Crippen molar-refractivity contribution in [3.8, 4) is 17.8 Å². The van der Waals surface area contributed by atoms with Crippen molar-refractivity contribution in [2.45, 2.75) is 20.0 Å². The third kappa shape index (κ3) is 4.20. The second kappa shape index (κ2) is 9.71. The second-order valence-electron chi connectivity index (χ2n) is 9.12. The van der Waals surface area contributed by atoms with E-state index in [4.69, 9.17) is 14.8 Å². The highest BCUT2D eigenvalue weighted by molar-refractivity contribution is 5.88. The third-order valence-corrected chi connectivity index (χ3v) is 6.65. The number of fused-ring (bicyclic) bond motifs is 2. The summed E-state index contributed by atoms with van der Waals surface area (Å²) in [5.74, 6) is 2.10. The lowest BCUT2D eigenvalue weighted by Gasteiger charge is -2.25. The fraction of sp³-hybridized carbons (Fsp3) is 0.133. The minimum atomic E-state index is 0.515. The Morgan fingerprint density at radius 1 is 0.921 bits per heavy atom. The van der Waals surface area contributed by atoms with Gasteiger partial charge in [-0.3, -0.25) is 4.57 Å². The Morgan fingerprint density at radius 2 is 1.68 bits per heavy atom. The fourth-order valence-corrected chi connectivity index (χ4v) is 4.81. The molecule has 0 fully saturated rings. The van der Waals surface area contributed by atoms with Crippen molar-refractivity contribution < 1.29 is 4.74 Å². The molecule has 0 spiro atoms. The molecule has 0 unspecified atom stereocenters. The highest BCUT2D eigenvalue weighted by Gasteiger charge is 2.20. The molecule has 0 saturated carbocycles. The number of aromatic nitrogens is 5. The van der Waals surface area contributed by atoms with Crippen LogP contribution in [0.1, 0.15) is 22.4 Å². The molecule has 0 saturated heterocycles. The van der Waals surface area contributed by atoms with E-state index >= 15 is 0 Å². The molecule has 3 heterocycles. The first-order chi connectivity index (χ1) is 18.6. The number of methoxy groups -OCH3 is 1.